The molecule has 1 N–H and O–H groups in total. The smallest absolute Gasteiger partial charge is 0.326 e. The fraction of sp³-hybridized carbons (Fsp3) is 0.467. The highest BCUT2D eigenvalue weighted by atomic mass is 32.2. The van der Waals surface area contributed by atoms with Crippen molar-refractivity contribution in [2.45, 2.75) is 37.1 Å². The summed E-state index contributed by atoms with van der Waals surface area (Å²) in [6.45, 7) is 2.24. The number of aliphatic carboxylic acids is 1. The summed E-state index contributed by atoms with van der Waals surface area (Å²) >= 11 is 0. The number of carboxylic acid groups (broad SMARTS) is 1. The number of likely N-dealkylation sites (tertiary alicyclic amines) is 1. The molecule has 22 heavy (non-hydrogen) atoms. The first-order valence-electron chi connectivity index (χ1n) is 7.12. The third kappa shape index (κ3) is 3.14. The van der Waals surface area contributed by atoms with Crippen LogP contribution in [0.1, 0.15) is 35.7 Å². The summed E-state index contributed by atoms with van der Waals surface area (Å²) in [5.41, 5.74) is 0.993. The van der Waals surface area contributed by atoms with Crippen LogP contribution >= 0.6 is 0 Å². The fourth-order valence-electron chi connectivity index (χ4n) is 2.71. The summed E-state index contributed by atoms with van der Waals surface area (Å²) in [6.07, 6.45) is 2.71. The van der Waals surface area contributed by atoms with Gasteiger partial charge in [-0.25, -0.2) is 13.2 Å². The van der Waals surface area contributed by atoms with Gasteiger partial charge in [0.25, 0.3) is 5.91 Å². The molecule has 1 fully saturated rings. The van der Waals surface area contributed by atoms with Gasteiger partial charge < -0.3 is 10.0 Å². The molecule has 0 radical (unpaired) electrons. The molecule has 0 unspecified atom stereocenters. The van der Waals surface area contributed by atoms with Crippen molar-refractivity contribution in [1.29, 1.82) is 0 Å². The lowest BCUT2D eigenvalue weighted by atomic mass is 10.0. The Hall–Kier alpha value is -1.89. The van der Waals surface area contributed by atoms with E-state index in [9.17, 15) is 23.1 Å². The maximum absolute atomic E-state index is 12.7. The maximum Gasteiger partial charge on any atom is 0.326 e. The standard InChI is InChI=1S/C15H19NO5S/c1-3-10-6-7-11(22(2,20)21)9-12(10)14(17)16-8-4-5-13(16)15(18)19/h6-7,9,13H,3-5,8H2,1-2H3,(H,18,19)/t13-/m0/s1. The SMILES string of the molecule is CCc1ccc(S(C)(=O)=O)cc1C(=O)N1CCC[C@H]1C(=O)O. The summed E-state index contributed by atoms with van der Waals surface area (Å²) in [6, 6.07) is 3.62. The Labute approximate surface area is 129 Å². The second-order valence-electron chi connectivity index (χ2n) is 5.44. The Kier molecular flexibility index (Phi) is 4.55. The molecule has 1 aliphatic heterocycles. The van der Waals surface area contributed by atoms with Gasteiger partial charge in [0.1, 0.15) is 6.04 Å². The quantitative estimate of drug-likeness (QED) is 0.902. The van der Waals surface area contributed by atoms with Crippen molar-refractivity contribution in [3.8, 4) is 0 Å². The Morgan fingerprint density at radius 1 is 1.36 bits per heavy atom. The molecule has 0 bridgehead atoms. The summed E-state index contributed by atoms with van der Waals surface area (Å²) in [5, 5.41) is 9.20. The molecule has 0 aromatic heterocycles. The van der Waals surface area contributed by atoms with Gasteiger partial charge in [-0.2, -0.15) is 0 Å². The Morgan fingerprint density at radius 3 is 2.59 bits per heavy atom. The average molecular weight is 325 g/mol. The molecule has 1 heterocycles. The number of rotatable bonds is 4. The predicted octanol–water partition coefficient (Wildman–Crippen LogP) is 1.34. The van der Waals surface area contributed by atoms with Gasteiger partial charge in [0.05, 0.1) is 4.90 Å². The lowest BCUT2D eigenvalue weighted by molar-refractivity contribution is -0.141. The van der Waals surface area contributed by atoms with Crippen molar-refractivity contribution >= 4 is 21.7 Å². The van der Waals surface area contributed by atoms with Gasteiger partial charge in [-0.1, -0.05) is 13.0 Å². The van der Waals surface area contributed by atoms with Crippen molar-refractivity contribution in [2.24, 2.45) is 0 Å². The van der Waals surface area contributed by atoms with Crippen molar-refractivity contribution < 1.29 is 23.1 Å². The molecule has 0 saturated carbocycles. The number of hydrogen-bond donors (Lipinski definition) is 1. The van der Waals surface area contributed by atoms with Crippen LogP contribution in [-0.2, 0) is 21.1 Å². The van der Waals surface area contributed by atoms with E-state index in [-0.39, 0.29) is 10.5 Å². The zero-order chi connectivity index (χ0) is 16.5. The highest BCUT2D eigenvalue weighted by molar-refractivity contribution is 7.90. The van der Waals surface area contributed by atoms with Gasteiger partial charge in [-0.05, 0) is 37.0 Å². The lowest BCUT2D eigenvalue weighted by Gasteiger charge is -2.23. The van der Waals surface area contributed by atoms with Crippen LogP contribution < -0.4 is 0 Å². The molecule has 1 saturated heterocycles. The van der Waals surface area contributed by atoms with E-state index in [1.54, 1.807) is 6.07 Å². The van der Waals surface area contributed by atoms with Crippen molar-refractivity contribution in [2.75, 3.05) is 12.8 Å². The maximum atomic E-state index is 12.7. The van der Waals surface area contributed by atoms with Crippen molar-refractivity contribution in [3.05, 3.63) is 29.3 Å². The monoisotopic (exact) mass is 325 g/mol. The molecule has 1 aromatic rings. The van der Waals surface area contributed by atoms with Crippen LogP contribution in [-0.4, -0.2) is 49.1 Å². The van der Waals surface area contributed by atoms with Crippen LogP contribution in [0, 0.1) is 0 Å². The second kappa shape index (κ2) is 6.08. The topological polar surface area (TPSA) is 91.8 Å². The van der Waals surface area contributed by atoms with E-state index in [1.165, 1.54) is 17.0 Å². The number of carbonyl (C=O) groups excluding carboxylic acids is 1. The molecule has 2 rings (SSSR count). The minimum Gasteiger partial charge on any atom is -0.480 e. The van der Waals surface area contributed by atoms with Crippen molar-refractivity contribution in [1.82, 2.24) is 4.90 Å². The van der Waals surface area contributed by atoms with E-state index in [0.29, 0.717) is 31.4 Å². The number of aryl methyl sites for hydroxylation is 1. The highest BCUT2D eigenvalue weighted by Crippen LogP contribution is 2.24. The molecule has 1 aromatic carbocycles. The Bertz CT molecular complexity index is 711. The molecule has 0 spiro atoms. The van der Waals surface area contributed by atoms with Gasteiger partial charge in [0.2, 0.25) is 0 Å². The fourth-order valence-corrected chi connectivity index (χ4v) is 3.36. The second-order valence-corrected chi connectivity index (χ2v) is 7.46. The normalized spacial score (nSPS) is 18.5. The largest absolute Gasteiger partial charge is 0.480 e. The van der Waals surface area contributed by atoms with Crippen LogP contribution in [0.25, 0.3) is 0 Å². The van der Waals surface area contributed by atoms with E-state index >= 15 is 0 Å². The van der Waals surface area contributed by atoms with Gasteiger partial charge in [0.15, 0.2) is 9.84 Å². The van der Waals surface area contributed by atoms with Gasteiger partial charge >= 0.3 is 5.97 Å². The minimum atomic E-state index is -3.42. The predicted molar refractivity (Wildman–Crippen MR) is 80.6 cm³/mol. The van der Waals surface area contributed by atoms with Gasteiger partial charge in [-0.3, -0.25) is 4.79 Å². The lowest BCUT2D eigenvalue weighted by Crippen LogP contribution is -2.40. The molecule has 6 nitrogen and oxygen atoms in total. The summed E-state index contributed by atoms with van der Waals surface area (Å²) in [4.78, 5) is 25.3. The molecule has 0 aliphatic carbocycles. The van der Waals surface area contributed by atoms with Crippen LogP contribution in [0.3, 0.4) is 0 Å². The zero-order valence-electron chi connectivity index (χ0n) is 12.6. The number of carboxylic acids is 1. The number of hydrogen-bond acceptors (Lipinski definition) is 4. The minimum absolute atomic E-state index is 0.0686. The molecule has 7 heteroatoms. The molecular weight excluding hydrogens is 306 g/mol. The van der Waals surface area contributed by atoms with E-state index in [2.05, 4.69) is 0 Å². The zero-order valence-corrected chi connectivity index (χ0v) is 13.4. The Morgan fingerprint density at radius 2 is 2.05 bits per heavy atom. The number of sulfone groups is 1. The number of nitrogens with zero attached hydrogens (tertiary/aromatic N) is 1. The van der Waals surface area contributed by atoms with Crippen LogP contribution in [0.5, 0.6) is 0 Å². The van der Waals surface area contributed by atoms with Crippen LogP contribution in [0.2, 0.25) is 0 Å². The molecule has 120 valence electrons. The first kappa shape index (κ1) is 16.5. The summed E-state index contributed by atoms with van der Waals surface area (Å²) < 4.78 is 23.4. The third-order valence-corrected chi connectivity index (χ3v) is 5.03. The van der Waals surface area contributed by atoms with E-state index < -0.39 is 27.8 Å². The molecule has 1 atom stereocenters. The number of amides is 1. The van der Waals surface area contributed by atoms with E-state index in [1.807, 2.05) is 6.92 Å². The Balaban J connectivity index is 2.46. The number of carbonyl (C=O) groups is 2. The van der Waals surface area contributed by atoms with Crippen LogP contribution in [0.15, 0.2) is 23.1 Å². The molecular formula is C15H19NO5S. The van der Waals surface area contributed by atoms with E-state index in [0.717, 1.165) is 6.26 Å². The average Bonchev–Trinajstić information content (AvgIpc) is 2.94. The first-order chi connectivity index (χ1) is 10.3. The third-order valence-electron chi connectivity index (χ3n) is 3.92. The highest BCUT2D eigenvalue weighted by Gasteiger charge is 2.35. The number of benzene rings is 1. The summed E-state index contributed by atoms with van der Waals surface area (Å²) in [7, 11) is -3.42. The van der Waals surface area contributed by atoms with E-state index in [4.69, 9.17) is 0 Å². The molecule has 1 amide bonds. The first-order valence-corrected chi connectivity index (χ1v) is 9.01. The molecule has 1 aliphatic rings. The van der Waals surface area contributed by atoms with Crippen LogP contribution in [0.4, 0.5) is 0 Å². The van der Waals surface area contributed by atoms with Crippen molar-refractivity contribution in [3.63, 3.8) is 0 Å². The van der Waals surface area contributed by atoms with Gasteiger partial charge in [-0.15, -0.1) is 0 Å². The van der Waals surface area contributed by atoms with Gasteiger partial charge in [0, 0.05) is 18.4 Å². The summed E-state index contributed by atoms with van der Waals surface area (Å²) in [5.74, 6) is -1.43.